The Labute approximate surface area is 141 Å². The van der Waals surface area contributed by atoms with Crippen LogP contribution in [0.5, 0.6) is 0 Å². The maximum atomic E-state index is 12.3. The van der Waals surface area contributed by atoms with Crippen molar-refractivity contribution in [3.05, 3.63) is 23.8 Å². The van der Waals surface area contributed by atoms with Crippen molar-refractivity contribution in [2.75, 3.05) is 45.7 Å². The molecule has 8 nitrogen and oxygen atoms in total. The molecule has 132 valence electrons. The van der Waals surface area contributed by atoms with Crippen molar-refractivity contribution >= 4 is 27.5 Å². The van der Waals surface area contributed by atoms with Crippen LogP contribution in [-0.4, -0.2) is 65.9 Å². The molecule has 2 amide bonds. The van der Waals surface area contributed by atoms with E-state index in [-0.39, 0.29) is 23.8 Å². The number of rotatable bonds is 7. The predicted octanol–water partition coefficient (Wildman–Crippen LogP) is -0.838. The number of sulfonamides is 1. The number of likely N-dealkylation sites (N-methyl/N-ethyl adjacent to an activating group) is 2. The van der Waals surface area contributed by atoms with Gasteiger partial charge in [0, 0.05) is 25.8 Å². The first kappa shape index (κ1) is 18.4. The standard InChI is InChI=1S/C15H22N4O4S/c1-18(2)7-6-16-14(20)10-17-24(22,23)12-4-5-13-11(8-12)9-15(21)19(13)3/h4-5,8,17H,6-7,9-10H2,1-3H3,(H,16,20). The van der Waals surface area contributed by atoms with E-state index in [1.807, 2.05) is 19.0 Å². The fourth-order valence-corrected chi connectivity index (χ4v) is 3.37. The summed E-state index contributed by atoms with van der Waals surface area (Å²) < 4.78 is 26.8. The van der Waals surface area contributed by atoms with Gasteiger partial charge in [-0.15, -0.1) is 0 Å². The van der Waals surface area contributed by atoms with Crippen molar-refractivity contribution in [1.82, 2.24) is 14.9 Å². The number of carbonyl (C=O) groups is 2. The zero-order chi connectivity index (χ0) is 17.9. The molecule has 1 aliphatic rings. The van der Waals surface area contributed by atoms with E-state index in [2.05, 4.69) is 10.0 Å². The number of nitrogens with one attached hydrogen (secondary N) is 2. The van der Waals surface area contributed by atoms with Crippen molar-refractivity contribution in [2.45, 2.75) is 11.3 Å². The lowest BCUT2D eigenvalue weighted by Crippen LogP contribution is -2.39. The largest absolute Gasteiger partial charge is 0.354 e. The lowest BCUT2D eigenvalue weighted by molar-refractivity contribution is -0.120. The highest BCUT2D eigenvalue weighted by molar-refractivity contribution is 7.89. The van der Waals surface area contributed by atoms with Crippen LogP contribution in [0.3, 0.4) is 0 Å². The van der Waals surface area contributed by atoms with E-state index in [0.717, 1.165) is 0 Å². The van der Waals surface area contributed by atoms with Gasteiger partial charge < -0.3 is 15.1 Å². The third-order valence-electron chi connectivity index (χ3n) is 3.74. The minimum Gasteiger partial charge on any atom is -0.354 e. The number of fused-ring (bicyclic) bond motifs is 1. The monoisotopic (exact) mass is 354 g/mol. The van der Waals surface area contributed by atoms with E-state index in [0.29, 0.717) is 24.3 Å². The Morgan fingerprint density at radius 1 is 1.33 bits per heavy atom. The molecular weight excluding hydrogens is 332 g/mol. The summed E-state index contributed by atoms with van der Waals surface area (Å²) >= 11 is 0. The zero-order valence-corrected chi connectivity index (χ0v) is 14.8. The summed E-state index contributed by atoms with van der Waals surface area (Å²) in [5, 5.41) is 2.63. The second-order valence-corrected chi connectivity index (χ2v) is 7.66. The van der Waals surface area contributed by atoms with Crippen LogP contribution in [0, 0.1) is 0 Å². The smallest absolute Gasteiger partial charge is 0.241 e. The highest BCUT2D eigenvalue weighted by Crippen LogP contribution is 2.29. The molecule has 0 unspecified atom stereocenters. The summed E-state index contributed by atoms with van der Waals surface area (Å²) in [7, 11) is 1.61. The molecule has 2 N–H and O–H groups in total. The minimum absolute atomic E-state index is 0.0467. The average molecular weight is 354 g/mol. The van der Waals surface area contributed by atoms with Crippen LogP contribution in [0.2, 0.25) is 0 Å². The van der Waals surface area contributed by atoms with Crippen LogP contribution in [-0.2, 0) is 26.0 Å². The first-order valence-electron chi connectivity index (χ1n) is 7.51. The topological polar surface area (TPSA) is 98.8 Å². The summed E-state index contributed by atoms with van der Waals surface area (Å²) in [6.45, 7) is 0.789. The number of hydrogen-bond acceptors (Lipinski definition) is 5. The molecule has 0 radical (unpaired) electrons. The number of anilines is 1. The summed E-state index contributed by atoms with van der Waals surface area (Å²) in [6.07, 6.45) is 0.181. The summed E-state index contributed by atoms with van der Waals surface area (Å²) in [5.41, 5.74) is 1.38. The highest BCUT2D eigenvalue weighted by atomic mass is 32.2. The number of carbonyl (C=O) groups excluding carboxylic acids is 2. The molecule has 0 spiro atoms. The van der Waals surface area contributed by atoms with E-state index in [9.17, 15) is 18.0 Å². The lowest BCUT2D eigenvalue weighted by atomic mass is 10.2. The van der Waals surface area contributed by atoms with Gasteiger partial charge in [0.2, 0.25) is 21.8 Å². The van der Waals surface area contributed by atoms with Crippen molar-refractivity contribution < 1.29 is 18.0 Å². The van der Waals surface area contributed by atoms with E-state index in [1.165, 1.54) is 17.0 Å². The maximum Gasteiger partial charge on any atom is 0.241 e. The number of amides is 2. The Kier molecular flexibility index (Phi) is 5.58. The zero-order valence-electron chi connectivity index (χ0n) is 14.0. The van der Waals surface area contributed by atoms with Gasteiger partial charge in [-0.05, 0) is 37.9 Å². The van der Waals surface area contributed by atoms with E-state index in [1.54, 1.807) is 13.1 Å². The average Bonchev–Trinajstić information content (AvgIpc) is 2.79. The third-order valence-corrected chi connectivity index (χ3v) is 5.14. The Balaban J connectivity index is 1.98. The van der Waals surface area contributed by atoms with Crippen LogP contribution in [0.4, 0.5) is 5.69 Å². The SMILES string of the molecule is CN(C)CCNC(=O)CNS(=O)(=O)c1ccc2c(c1)CC(=O)N2C. The highest BCUT2D eigenvalue weighted by Gasteiger charge is 2.26. The molecule has 2 rings (SSSR count). The Bertz CT molecular complexity index is 746. The first-order chi connectivity index (χ1) is 11.2. The molecule has 0 aliphatic carbocycles. The Morgan fingerprint density at radius 2 is 2.04 bits per heavy atom. The molecular formula is C15H22N4O4S. The fourth-order valence-electron chi connectivity index (χ4n) is 2.34. The van der Waals surface area contributed by atoms with Crippen LogP contribution in [0.1, 0.15) is 5.56 Å². The number of hydrogen-bond donors (Lipinski definition) is 2. The molecule has 0 atom stereocenters. The molecule has 0 aromatic heterocycles. The maximum absolute atomic E-state index is 12.3. The molecule has 0 bridgehead atoms. The van der Waals surface area contributed by atoms with Crippen LogP contribution < -0.4 is 14.9 Å². The van der Waals surface area contributed by atoms with Gasteiger partial charge in [0.1, 0.15) is 0 Å². The molecule has 1 aromatic rings. The van der Waals surface area contributed by atoms with Gasteiger partial charge in [-0.25, -0.2) is 13.1 Å². The van der Waals surface area contributed by atoms with Crippen LogP contribution in [0.15, 0.2) is 23.1 Å². The molecule has 24 heavy (non-hydrogen) atoms. The minimum atomic E-state index is -3.80. The van der Waals surface area contributed by atoms with Gasteiger partial charge in [0.25, 0.3) is 0 Å². The molecule has 0 saturated carbocycles. The van der Waals surface area contributed by atoms with Gasteiger partial charge in [0.05, 0.1) is 17.9 Å². The second-order valence-electron chi connectivity index (χ2n) is 5.90. The van der Waals surface area contributed by atoms with Gasteiger partial charge in [0.15, 0.2) is 0 Å². The molecule has 9 heteroatoms. The van der Waals surface area contributed by atoms with E-state index in [4.69, 9.17) is 0 Å². The van der Waals surface area contributed by atoms with Crippen molar-refractivity contribution in [3.63, 3.8) is 0 Å². The predicted molar refractivity (Wildman–Crippen MR) is 90.3 cm³/mol. The Morgan fingerprint density at radius 3 is 2.71 bits per heavy atom. The van der Waals surface area contributed by atoms with Crippen LogP contribution >= 0.6 is 0 Å². The third kappa shape index (κ3) is 4.31. The van der Waals surface area contributed by atoms with Gasteiger partial charge in [-0.3, -0.25) is 9.59 Å². The molecule has 1 heterocycles. The van der Waals surface area contributed by atoms with E-state index < -0.39 is 15.9 Å². The van der Waals surface area contributed by atoms with Crippen molar-refractivity contribution in [1.29, 1.82) is 0 Å². The summed E-state index contributed by atoms with van der Waals surface area (Å²) in [4.78, 5) is 26.8. The fraction of sp³-hybridized carbons (Fsp3) is 0.467. The van der Waals surface area contributed by atoms with Gasteiger partial charge in [-0.1, -0.05) is 0 Å². The quantitative estimate of drug-likeness (QED) is 0.665. The molecule has 0 saturated heterocycles. The van der Waals surface area contributed by atoms with Crippen molar-refractivity contribution in [2.24, 2.45) is 0 Å². The lowest BCUT2D eigenvalue weighted by Gasteiger charge is -2.12. The summed E-state index contributed by atoms with van der Waals surface area (Å²) in [6, 6.07) is 4.51. The first-order valence-corrected chi connectivity index (χ1v) is 8.99. The number of benzene rings is 1. The normalized spacial score (nSPS) is 14.2. The number of nitrogens with zero attached hydrogens (tertiary/aromatic N) is 2. The van der Waals surface area contributed by atoms with Crippen LogP contribution in [0.25, 0.3) is 0 Å². The van der Waals surface area contributed by atoms with E-state index >= 15 is 0 Å². The summed E-state index contributed by atoms with van der Waals surface area (Å²) in [5.74, 6) is -0.468. The Hall–Kier alpha value is -1.97. The van der Waals surface area contributed by atoms with Gasteiger partial charge in [-0.2, -0.15) is 0 Å². The molecule has 1 aromatic carbocycles. The molecule has 0 fully saturated rings. The molecule has 1 aliphatic heterocycles. The van der Waals surface area contributed by atoms with Gasteiger partial charge >= 0.3 is 0 Å². The second kappa shape index (κ2) is 7.29. The van der Waals surface area contributed by atoms with Crippen molar-refractivity contribution in [3.8, 4) is 0 Å².